The van der Waals surface area contributed by atoms with Crippen molar-refractivity contribution < 1.29 is 19.5 Å². The second-order valence-corrected chi connectivity index (χ2v) is 4.83. The van der Waals surface area contributed by atoms with Gasteiger partial charge in [0.1, 0.15) is 5.41 Å². The molecule has 1 amide bonds. The SMILES string of the molecule is CC(=O)c1cccc(NC(=O)C2(C(=O)O)CCC2)c1. The summed E-state index contributed by atoms with van der Waals surface area (Å²) >= 11 is 0. The summed E-state index contributed by atoms with van der Waals surface area (Å²) in [6, 6.07) is 6.49. The Balaban J connectivity index is 2.17. The Bertz CT molecular complexity index is 546. The number of nitrogens with one attached hydrogen (secondary N) is 1. The van der Waals surface area contributed by atoms with Gasteiger partial charge >= 0.3 is 5.97 Å². The number of hydrogen-bond donors (Lipinski definition) is 2. The molecule has 5 heteroatoms. The average Bonchev–Trinajstić information content (AvgIpc) is 2.26. The molecule has 2 rings (SSSR count). The number of Topliss-reactive ketones (excluding diaryl/α,β-unsaturated/α-hetero) is 1. The first-order chi connectivity index (χ1) is 8.95. The molecular weight excluding hydrogens is 246 g/mol. The van der Waals surface area contributed by atoms with E-state index in [1.165, 1.54) is 6.92 Å². The quantitative estimate of drug-likeness (QED) is 0.642. The van der Waals surface area contributed by atoms with Crippen LogP contribution in [0.4, 0.5) is 5.69 Å². The number of ketones is 1. The number of rotatable bonds is 4. The maximum atomic E-state index is 12.1. The third kappa shape index (κ3) is 2.36. The molecule has 2 N–H and O–H groups in total. The van der Waals surface area contributed by atoms with Crippen molar-refractivity contribution in [1.82, 2.24) is 0 Å². The molecule has 1 aliphatic rings. The van der Waals surface area contributed by atoms with Gasteiger partial charge in [0.25, 0.3) is 0 Å². The molecule has 0 aromatic heterocycles. The summed E-state index contributed by atoms with van der Waals surface area (Å²) in [4.78, 5) is 34.5. The van der Waals surface area contributed by atoms with Crippen LogP contribution < -0.4 is 5.32 Å². The van der Waals surface area contributed by atoms with E-state index in [0.717, 1.165) is 6.42 Å². The van der Waals surface area contributed by atoms with Crippen molar-refractivity contribution in [3.63, 3.8) is 0 Å². The number of anilines is 1. The molecule has 1 fully saturated rings. The molecule has 1 aliphatic carbocycles. The van der Waals surface area contributed by atoms with Gasteiger partial charge in [0.2, 0.25) is 5.91 Å². The zero-order chi connectivity index (χ0) is 14.0. The lowest BCUT2D eigenvalue weighted by Crippen LogP contribution is -2.48. The second-order valence-electron chi connectivity index (χ2n) is 4.83. The number of benzene rings is 1. The Morgan fingerprint density at radius 1 is 1.26 bits per heavy atom. The van der Waals surface area contributed by atoms with Gasteiger partial charge in [-0.15, -0.1) is 0 Å². The molecule has 0 unspecified atom stereocenters. The van der Waals surface area contributed by atoms with Crippen LogP contribution in [0.3, 0.4) is 0 Å². The number of amides is 1. The molecule has 0 spiro atoms. The lowest BCUT2D eigenvalue weighted by Gasteiger charge is -2.35. The van der Waals surface area contributed by atoms with Gasteiger partial charge in [0, 0.05) is 11.3 Å². The van der Waals surface area contributed by atoms with Gasteiger partial charge in [-0.3, -0.25) is 14.4 Å². The van der Waals surface area contributed by atoms with E-state index >= 15 is 0 Å². The average molecular weight is 261 g/mol. The lowest BCUT2D eigenvalue weighted by molar-refractivity contribution is -0.159. The van der Waals surface area contributed by atoms with E-state index in [4.69, 9.17) is 5.11 Å². The Morgan fingerprint density at radius 3 is 2.42 bits per heavy atom. The Labute approximate surface area is 110 Å². The Morgan fingerprint density at radius 2 is 1.95 bits per heavy atom. The first-order valence-electron chi connectivity index (χ1n) is 6.11. The fourth-order valence-corrected chi connectivity index (χ4v) is 2.14. The minimum Gasteiger partial charge on any atom is -0.480 e. The molecule has 0 atom stereocenters. The normalized spacial score (nSPS) is 16.3. The number of carboxylic acid groups (broad SMARTS) is 1. The highest BCUT2D eigenvalue weighted by Crippen LogP contribution is 2.42. The van der Waals surface area contributed by atoms with Crippen LogP contribution in [0, 0.1) is 5.41 Å². The summed E-state index contributed by atoms with van der Waals surface area (Å²) in [5.41, 5.74) is -0.368. The summed E-state index contributed by atoms with van der Waals surface area (Å²) in [7, 11) is 0. The maximum absolute atomic E-state index is 12.1. The predicted octanol–water partition coefficient (Wildman–Crippen LogP) is 2.08. The van der Waals surface area contributed by atoms with Gasteiger partial charge in [-0.1, -0.05) is 18.6 Å². The largest absolute Gasteiger partial charge is 0.480 e. The van der Waals surface area contributed by atoms with Crippen LogP contribution in [0.2, 0.25) is 0 Å². The monoisotopic (exact) mass is 261 g/mol. The maximum Gasteiger partial charge on any atom is 0.319 e. The van der Waals surface area contributed by atoms with Crippen LogP contribution in [-0.2, 0) is 9.59 Å². The number of carbonyl (C=O) groups is 3. The molecule has 0 bridgehead atoms. The highest BCUT2D eigenvalue weighted by atomic mass is 16.4. The molecule has 19 heavy (non-hydrogen) atoms. The summed E-state index contributed by atoms with van der Waals surface area (Å²) < 4.78 is 0. The molecule has 0 aliphatic heterocycles. The van der Waals surface area contributed by atoms with E-state index in [2.05, 4.69) is 5.32 Å². The first kappa shape index (κ1) is 13.3. The lowest BCUT2D eigenvalue weighted by atomic mass is 9.68. The van der Waals surface area contributed by atoms with Crippen molar-refractivity contribution >= 4 is 23.3 Å². The molecule has 1 aromatic rings. The van der Waals surface area contributed by atoms with Gasteiger partial charge in [0.15, 0.2) is 5.78 Å². The standard InChI is InChI=1S/C14H15NO4/c1-9(16)10-4-2-5-11(8-10)15-12(17)14(13(18)19)6-3-7-14/h2,4-5,8H,3,6-7H2,1H3,(H,15,17)(H,18,19). The van der Waals surface area contributed by atoms with E-state index in [1.807, 2.05) is 0 Å². The van der Waals surface area contributed by atoms with Crippen LogP contribution in [0.1, 0.15) is 36.5 Å². The number of hydrogen-bond acceptors (Lipinski definition) is 3. The number of carbonyl (C=O) groups excluding carboxylic acids is 2. The summed E-state index contributed by atoms with van der Waals surface area (Å²) in [5, 5.41) is 11.7. The fourth-order valence-electron chi connectivity index (χ4n) is 2.14. The van der Waals surface area contributed by atoms with Gasteiger partial charge in [-0.05, 0) is 31.9 Å². The molecule has 1 saturated carbocycles. The van der Waals surface area contributed by atoms with Gasteiger partial charge < -0.3 is 10.4 Å². The molecule has 1 aromatic carbocycles. The summed E-state index contributed by atoms with van der Waals surface area (Å²) in [6.07, 6.45) is 1.47. The molecule has 0 saturated heterocycles. The molecular formula is C14H15NO4. The van der Waals surface area contributed by atoms with Crippen molar-refractivity contribution in [1.29, 1.82) is 0 Å². The van der Waals surface area contributed by atoms with Crippen LogP contribution in [0.25, 0.3) is 0 Å². The second kappa shape index (κ2) is 4.84. The van der Waals surface area contributed by atoms with Crippen LogP contribution in [0.5, 0.6) is 0 Å². The molecule has 5 nitrogen and oxygen atoms in total. The predicted molar refractivity (Wildman–Crippen MR) is 69.0 cm³/mol. The molecule has 100 valence electrons. The van der Waals surface area contributed by atoms with Crippen molar-refractivity contribution in [2.24, 2.45) is 5.41 Å². The van der Waals surface area contributed by atoms with E-state index < -0.39 is 17.3 Å². The number of aliphatic carboxylic acids is 1. The van der Waals surface area contributed by atoms with E-state index in [9.17, 15) is 14.4 Å². The highest BCUT2D eigenvalue weighted by molar-refractivity contribution is 6.09. The Kier molecular flexibility index (Phi) is 3.38. The van der Waals surface area contributed by atoms with Crippen molar-refractivity contribution in [2.45, 2.75) is 26.2 Å². The van der Waals surface area contributed by atoms with Crippen LogP contribution in [0.15, 0.2) is 24.3 Å². The van der Waals surface area contributed by atoms with Crippen molar-refractivity contribution in [3.8, 4) is 0 Å². The molecule has 0 heterocycles. The minimum absolute atomic E-state index is 0.104. The van der Waals surface area contributed by atoms with Gasteiger partial charge in [0.05, 0.1) is 0 Å². The molecule has 0 radical (unpaired) electrons. The van der Waals surface area contributed by atoms with Crippen LogP contribution >= 0.6 is 0 Å². The third-order valence-electron chi connectivity index (χ3n) is 3.58. The van der Waals surface area contributed by atoms with E-state index in [-0.39, 0.29) is 5.78 Å². The minimum atomic E-state index is -1.30. The van der Waals surface area contributed by atoms with Crippen molar-refractivity contribution in [3.05, 3.63) is 29.8 Å². The van der Waals surface area contributed by atoms with Gasteiger partial charge in [-0.25, -0.2) is 0 Å². The summed E-state index contributed by atoms with van der Waals surface area (Å²) in [6.45, 7) is 1.44. The topological polar surface area (TPSA) is 83.5 Å². The Hall–Kier alpha value is -2.17. The zero-order valence-corrected chi connectivity index (χ0v) is 10.6. The third-order valence-corrected chi connectivity index (χ3v) is 3.58. The highest BCUT2D eigenvalue weighted by Gasteiger charge is 2.51. The zero-order valence-electron chi connectivity index (χ0n) is 10.6. The summed E-state index contributed by atoms with van der Waals surface area (Å²) in [5.74, 6) is -1.70. The van der Waals surface area contributed by atoms with E-state index in [1.54, 1.807) is 24.3 Å². The van der Waals surface area contributed by atoms with E-state index in [0.29, 0.717) is 24.1 Å². The number of carboxylic acids is 1. The van der Waals surface area contributed by atoms with Crippen molar-refractivity contribution in [2.75, 3.05) is 5.32 Å². The van der Waals surface area contributed by atoms with Gasteiger partial charge in [-0.2, -0.15) is 0 Å². The van der Waals surface area contributed by atoms with Crippen LogP contribution in [-0.4, -0.2) is 22.8 Å². The fraction of sp³-hybridized carbons (Fsp3) is 0.357. The first-order valence-corrected chi connectivity index (χ1v) is 6.11. The smallest absolute Gasteiger partial charge is 0.319 e.